The largest absolute Gasteiger partial charge is 0.481 e. The van der Waals surface area contributed by atoms with E-state index in [9.17, 15) is 14.7 Å². The number of carboxylic acid groups (broad SMARTS) is 1. The molecule has 5 nitrogen and oxygen atoms in total. The Balaban J connectivity index is 3.45. The van der Waals surface area contributed by atoms with Gasteiger partial charge in [-0.05, 0) is 32.1 Å². The third-order valence-electron chi connectivity index (χ3n) is 4.61. The molecule has 0 aliphatic carbocycles. The summed E-state index contributed by atoms with van der Waals surface area (Å²) in [7, 11) is 0. The van der Waals surface area contributed by atoms with Crippen molar-refractivity contribution in [2.24, 2.45) is 11.3 Å². The zero-order valence-corrected chi connectivity index (χ0v) is 14.0. The molecule has 5 heteroatoms. The number of aliphatic carboxylic acids is 1. The lowest BCUT2D eigenvalue weighted by molar-refractivity contribution is -0.138. The Morgan fingerprint density at radius 1 is 1.29 bits per heavy atom. The van der Waals surface area contributed by atoms with E-state index in [1.807, 2.05) is 0 Å². The predicted octanol–water partition coefficient (Wildman–Crippen LogP) is 2.73. The molecule has 0 fully saturated rings. The average Bonchev–Trinajstić information content (AvgIpc) is 2.33. The van der Waals surface area contributed by atoms with Crippen LogP contribution in [0.3, 0.4) is 0 Å². The smallest absolute Gasteiger partial charge is 0.347 e. The minimum absolute atomic E-state index is 0.0742. The van der Waals surface area contributed by atoms with Gasteiger partial charge in [0, 0.05) is 23.5 Å². The molecule has 0 radical (unpaired) electrons. The number of rotatable bonds is 5. The maximum atomic E-state index is 12.2. The van der Waals surface area contributed by atoms with Crippen molar-refractivity contribution < 1.29 is 9.90 Å². The molecule has 1 rings (SSSR count). The Morgan fingerprint density at radius 2 is 1.81 bits per heavy atom. The Bertz CT molecular complexity index is 600. The zero-order valence-electron chi connectivity index (χ0n) is 14.0. The van der Waals surface area contributed by atoms with E-state index in [0.717, 1.165) is 0 Å². The molecule has 1 aromatic heterocycles. The van der Waals surface area contributed by atoms with Crippen molar-refractivity contribution in [3.63, 3.8) is 0 Å². The minimum Gasteiger partial charge on any atom is -0.481 e. The van der Waals surface area contributed by atoms with Crippen LogP contribution >= 0.6 is 0 Å². The van der Waals surface area contributed by atoms with Crippen LogP contribution in [0.15, 0.2) is 4.79 Å². The molecule has 1 aromatic rings. The van der Waals surface area contributed by atoms with Crippen LogP contribution < -0.4 is 5.69 Å². The van der Waals surface area contributed by atoms with Gasteiger partial charge in [0.2, 0.25) is 0 Å². The first-order valence-corrected chi connectivity index (χ1v) is 7.29. The molecule has 0 aliphatic heterocycles. The molecule has 0 amide bonds. The Labute approximate surface area is 126 Å². The van der Waals surface area contributed by atoms with Gasteiger partial charge in [0.25, 0.3) is 0 Å². The van der Waals surface area contributed by atoms with Gasteiger partial charge in [-0.25, -0.2) is 4.79 Å². The summed E-state index contributed by atoms with van der Waals surface area (Å²) in [5, 5.41) is 9.25. The van der Waals surface area contributed by atoms with E-state index in [1.54, 1.807) is 25.3 Å². The first-order chi connectivity index (χ1) is 9.49. The van der Waals surface area contributed by atoms with Crippen molar-refractivity contribution in [1.82, 2.24) is 9.55 Å². The Kier molecular flexibility index (Phi) is 4.97. The third-order valence-corrected chi connectivity index (χ3v) is 4.61. The fourth-order valence-corrected chi connectivity index (χ4v) is 2.34. The van der Waals surface area contributed by atoms with E-state index in [-0.39, 0.29) is 11.1 Å². The lowest BCUT2D eigenvalue weighted by Gasteiger charge is -2.31. The van der Waals surface area contributed by atoms with Crippen molar-refractivity contribution in [3.05, 3.63) is 27.4 Å². The molecule has 0 saturated heterocycles. The molecule has 1 atom stereocenters. The van der Waals surface area contributed by atoms with Crippen LogP contribution in [0.5, 0.6) is 0 Å². The standard InChI is InChI=1S/C16H26N2O3/c1-9(2)16(6,7)8-18-12(5)13(10(3)14(19)20)11(4)17-15(18)21/h9-10H,8H2,1-7H3,(H,19,20). The molecular formula is C16H26N2O3. The maximum absolute atomic E-state index is 12.2. The van der Waals surface area contributed by atoms with E-state index >= 15 is 0 Å². The normalized spacial score (nSPS) is 13.5. The van der Waals surface area contributed by atoms with Crippen LogP contribution in [-0.2, 0) is 11.3 Å². The molecular weight excluding hydrogens is 268 g/mol. The summed E-state index contributed by atoms with van der Waals surface area (Å²) in [4.78, 5) is 27.5. The van der Waals surface area contributed by atoms with Crippen molar-refractivity contribution >= 4 is 5.97 Å². The summed E-state index contributed by atoms with van der Waals surface area (Å²) >= 11 is 0. The number of hydrogen-bond donors (Lipinski definition) is 1. The number of aryl methyl sites for hydroxylation is 1. The third kappa shape index (κ3) is 3.52. The van der Waals surface area contributed by atoms with Gasteiger partial charge in [-0.15, -0.1) is 0 Å². The quantitative estimate of drug-likeness (QED) is 0.906. The molecule has 0 spiro atoms. The molecule has 1 heterocycles. The van der Waals surface area contributed by atoms with Crippen molar-refractivity contribution in [1.29, 1.82) is 0 Å². The van der Waals surface area contributed by atoms with Gasteiger partial charge in [-0.2, -0.15) is 4.98 Å². The highest BCUT2D eigenvalue weighted by atomic mass is 16.4. The second-order valence-corrected chi connectivity index (χ2v) is 6.77. The van der Waals surface area contributed by atoms with E-state index in [2.05, 4.69) is 32.7 Å². The van der Waals surface area contributed by atoms with Crippen molar-refractivity contribution in [2.45, 2.75) is 60.9 Å². The van der Waals surface area contributed by atoms with E-state index < -0.39 is 11.9 Å². The van der Waals surface area contributed by atoms with E-state index in [1.165, 1.54) is 0 Å². The fraction of sp³-hybridized carbons (Fsp3) is 0.688. The van der Waals surface area contributed by atoms with Gasteiger partial charge in [0.05, 0.1) is 5.92 Å². The van der Waals surface area contributed by atoms with Crippen molar-refractivity contribution in [3.8, 4) is 0 Å². The molecule has 21 heavy (non-hydrogen) atoms. The second-order valence-electron chi connectivity index (χ2n) is 6.77. The Hall–Kier alpha value is -1.65. The number of hydrogen-bond acceptors (Lipinski definition) is 3. The lowest BCUT2D eigenvalue weighted by Crippen LogP contribution is -2.36. The van der Waals surface area contributed by atoms with E-state index in [0.29, 0.717) is 29.4 Å². The maximum Gasteiger partial charge on any atom is 0.347 e. The highest BCUT2D eigenvalue weighted by molar-refractivity contribution is 5.76. The summed E-state index contributed by atoms with van der Waals surface area (Å²) < 4.78 is 1.61. The molecule has 0 aromatic carbocycles. The summed E-state index contributed by atoms with van der Waals surface area (Å²) in [5.41, 5.74) is 1.47. The summed E-state index contributed by atoms with van der Waals surface area (Å²) in [6.45, 7) is 14.1. The molecule has 0 aliphatic rings. The number of carboxylic acids is 1. The monoisotopic (exact) mass is 294 g/mol. The lowest BCUT2D eigenvalue weighted by atomic mass is 9.81. The van der Waals surface area contributed by atoms with Crippen LogP contribution in [-0.4, -0.2) is 20.6 Å². The number of carbonyl (C=O) groups is 1. The van der Waals surface area contributed by atoms with Crippen LogP contribution in [0.25, 0.3) is 0 Å². The second kappa shape index (κ2) is 6.00. The van der Waals surface area contributed by atoms with E-state index in [4.69, 9.17) is 0 Å². The minimum atomic E-state index is -0.906. The average molecular weight is 294 g/mol. The molecule has 118 valence electrons. The van der Waals surface area contributed by atoms with Crippen LogP contribution in [0.2, 0.25) is 0 Å². The van der Waals surface area contributed by atoms with Crippen LogP contribution in [0.4, 0.5) is 0 Å². The first kappa shape index (κ1) is 17.4. The van der Waals surface area contributed by atoms with Gasteiger partial charge < -0.3 is 5.11 Å². The highest BCUT2D eigenvalue weighted by Gasteiger charge is 2.27. The summed E-state index contributed by atoms with van der Waals surface area (Å²) in [6, 6.07) is 0. The summed E-state index contributed by atoms with van der Waals surface area (Å²) in [6.07, 6.45) is 0. The van der Waals surface area contributed by atoms with Gasteiger partial charge in [0.15, 0.2) is 0 Å². The van der Waals surface area contributed by atoms with Crippen LogP contribution in [0.1, 0.15) is 57.5 Å². The summed E-state index contributed by atoms with van der Waals surface area (Å²) in [5.74, 6) is -1.19. The number of aromatic nitrogens is 2. The Morgan fingerprint density at radius 3 is 2.24 bits per heavy atom. The molecule has 0 bridgehead atoms. The molecule has 1 N–H and O–H groups in total. The first-order valence-electron chi connectivity index (χ1n) is 7.29. The van der Waals surface area contributed by atoms with Gasteiger partial charge in [-0.3, -0.25) is 9.36 Å². The van der Waals surface area contributed by atoms with Crippen molar-refractivity contribution in [2.75, 3.05) is 0 Å². The zero-order chi connectivity index (χ0) is 16.5. The molecule has 0 saturated carbocycles. The van der Waals surface area contributed by atoms with Gasteiger partial charge in [-0.1, -0.05) is 27.7 Å². The fourth-order valence-electron chi connectivity index (χ4n) is 2.34. The predicted molar refractivity (Wildman–Crippen MR) is 82.6 cm³/mol. The van der Waals surface area contributed by atoms with Crippen LogP contribution in [0, 0.1) is 25.2 Å². The van der Waals surface area contributed by atoms with Gasteiger partial charge in [0.1, 0.15) is 0 Å². The topological polar surface area (TPSA) is 72.2 Å². The SMILES string of the molecule is Cc1nc(=O)n(CC(C)(C)C(C)C)c(C)c1C(C)C(=O)O. The highest BCUT2D eigenvalue weighted by Crippen LogP contribution is 2.29. The number of nitrogens with zero attached hydrogens (tertiary/aromatic N) is 2. The van der Waals surface area contributed by atoms with Gasteiger partial charge >= 0.3 is 11.7 Å². The molecule has 1 unspecified atom stereocenters.